The molecule has 0 aromatic heterocycles. The zero-order valence-electron chi connectivity index (χ0n) is 15.6. The van der Waals surface area contributed by atoms with Gasteiger partial charge < -0.3 is 15.0 Å². The number of rotatable bonds is 5. The lowest BCUT2D eigenvalue weighted by atomic mass is 9.96. The van der Waals surface area contributed by atoms with E-state index in [1.54, 1.807) is 0 Å². The van der Waals surface area contributed by atoms with E-state index in [0.717, 1.165) is 38.3 Å². The van der Waals surface area contributed by atoms with Crippen molar-refractivity contribution in [3.05, 3.63) is 0 Å². The van der Waals surface area contributed by atoms with E-state index in [4.69, 9.17) is 4.74 Å². The Bertz CT molecular complexity index is 372. The predicted molar refractivity (Wildman–Crippen MR) is 94.6 cm³/mol. The van der Waals surface area contributed by atoms with Crippen molar-refractivity contribution in [2.75, 3.05) is 13.1 Å². The summed E-state index contributed by atoms with van der Waals surface area (Å²) in [5, 5.41) is 3.70. The molecule has 0 aromatic rings. The second kappa shape index (κ2) is 8.36. The summed E-state index contributed by atoms with van der Waals surface area (Å²) >= 11 is 0. The number of piperidine rings is 1. The molecule has 23 heavy (non-hydrogen) atoms. The molecule has 1 heterocycles. The van der Waals surface area contributed by atoms with Crippen LogP contribution in [0.1, 0.15) is 79.1 Å². The Morgan fingerprint density at radius 3 is 2.48 bits per heavy atom. The fourth-order valence-corrected chi connectivity index (χ4v) is 3.88. The van der Waals surface area contributed by atoms with Crippen LogP contribution in [0.2, 0.25) is 0 Å². The number of carbonyl (C=O) groups is 1. The SMILES string of the molecule is CC(CC1CCCCN1C(=O)OC(C)(C)C)NCC1CCCC1. The van der Waals surface area contributed by atoms with Gasteiger partial charge in [-0.25, -0.2) is 4.79 Å². The maximum atomic E-state index is 12.5. The highest BCUT2D eigenvalue weighted by molar-refractivity contribution is 5.68. The Balaban J connectivity index is 1.81. The third-order valence-electron chi connectivity index (χ3n) is 5.11. The van der Waals surface area contributed by atoms with Crippen LogP contribution in [0.3, 0.4) is 0 Å². The minimum atomic E-state index is -0.411. The van der Waals surface area contributed by atoms with Gasteiger partial charge in [-0.1, -0.05) is 12.8 Å². The van der Waals surface area contributed by atoms with Crippen molar-refractivity contribution in [3.8, 4) is 0 Å². The Labute approximate surface area is 142 Å². The normalized spacial score (nSPS) is 24.7. The molecular weight excluding hydrogens is 288 g/mol. The lowest BCUT2D eigenvalue weighted by Gasteiger charge is -2.38. The molecule has 0 spiro atoms. The van der Waals surface area contributed by atoms with Crippen molar-refractivity contribution in [3.63, 3.8) is 0 Å². The van der Waals surface area contributed by atoms with Gasteiger partial charge in [-0.3, -0.25) is 0 Å². The highest BCUT2D eigenvalue weighted by atomic mass is 16.6. The van der Waals surface area contributed by atoms with Gasteiger partial charge in [-0.05, 0) is 78.7 Å². The maximum Gasteiger partial charge on any atom is 0.410 e. The molecule has 0 aromatic carbocycles. The van der Waals surface area contributed by atoms with Crippen molar-refractivity contribution >= 4 is 6.09 Å². The molecule has 2 fully saturated rings. The minimum Gasteiger partial charge on any atom is -0.444 e. The predicted octanol–water partition coefficient (Wildman–Crippen LogP) is 4.33. The largest absolute Gasteiger partial charge is 0.444 e. The Morgan fingerprint density at radius 2 is 1.83 bits per heavy atom. The topological polar surface area (TPSA) is 41.6 Å². The van der Waals surface area contributed by atoms with Crippen LogP contribution in [0.4, 0.5) is 4.79 Å². The van der Waals surface area contributed by atoms with E-state index in [1.807, 2.05) is 25.7 Å². The van der Waals surface area contributed by atoms with Gasteiger partial charge in [0, 0.05) is 18.6 Å². The van der Waals surface area contributed by atoms with E-state index in [0.29, 0.717) is 12.1 Å². The molecule has 2 aliphatic rings. The first-order valence-corrected chi connectivity index (χ1v) is 9.58. The summed E-state index contributed by atoms with van der Waals surface area (Å²) in [5.41, 5.74) is -0.411. The highest BCUT2D eigenvalue weighted by Gasteiger charge is 2.31. The molecule has 1 amide bonds. The van der Waals surface area contributed by atoms with Crippen molar-refractivity contribution in [2.24, 2.45) is 5.92 Å². The van der Waals surface area contributed by atoms with E-state index in [2.05, 4.69) is 12.2 Å². The van der Waals surface area contributed by atoms with Crippen LogP contribution >= 0.6 is 0 Å². The van der Waals surface area contributed by atoms with E-state index in [1.165, 1.54) is 32.1 Å². The molecule has 1 saturated carbocycles. The standard InChI is InChI=1S/C19H36N2O2/c1-15(20-14-16-9-5-6-10-16)13-17-11-7-8-12-21(17)18(22)23-19(2,3)4/h15-17,20H,5-14H2,1-4H3. The first kappa shape index (κ1) is 18.6. The molecule has 1 aliphatic carbocycles. The molecule has 4 heteroatoms. The fourth-order valence-electron chi connectivity index (χ4n) is 3.88. The van der Waals surface area contributed by atoms with Crippen molar-refractivity contribution < 1.29 is 9.53 Å². The molecule has 1 saturated heterocycles. The second-order valence-corrected chi connectivity index (χ2v) is 8.52. The van der Waals surface area contributed by atoms with Gasteiger partial charge in [0.25, 0.3) is 0 Å². The minimum absolute atomic E-state index is 0.134. The number of amides is 1. The van der Waals surface area contributed by atoms with Gasteiger partial charge >= 0.3 is 6.09 Å². The molecular formula is C19H36N2O2. The Hall–Kier alpha value is -0.770. The van der Waals surface area contributed by atoms with Crippen LogP contribution < -0.4 is 5.32 Å². The van der Waals surface area contributed by atoms with Gasteiger partial charge in [0.2, 0.25) is 0 Å². The highest BCUT2D eigenvalue weighted by Crippen LogP contribution is 2.25. The molecule has 2 rings (SSSR count). The van der Waals surface area contributed by atoms with Crippen molar-refractivity contribution in [2.45, 2.75) is 96.7 Å². The van der Waals surface area contributed by atoms with Gasteiger partial charge in [-0.2, -0.15) is 0 Å². The zero-order chi connectivity index (χ0) is 16.9. The maximum absolute atomic E-state index is 12.5. The average Bonchev–Trinajstić information content (AvgIpc) is 2.97. The summed E-state index contributed by atoms with van der Waals surface area (Å²) in [5.74, 6) is 0.866. The van der Waals surface area contributed by atoms with E-state index < -0.39 is 5.60 Å². The number of nitrogens with one attached hydrogen (secondary N) is 1. The quantitative estimate of drug-likeness (QED) is 0.818. The van der Waals surface area contributed by atoms with Gasteiger partial charge in [0.1, 0.15) is 5.60 Å². The molecule has 4 nitrogen and oxygen atoms in total. The molecule has 0 radical (unpaired) electrons. The fraction of sp³-hybridized carbons (Fsp3) is 0.947. The summed E-state index contributed by atoms with van der Waals surface area (Å²) in [4.78, 5) is 14.4. The second-order valence-electron chi connectivity index (χ2n) is 8.52. The third kappa shape index (κ3) is 6.33. The number of hydrogen-bond donors (Lipinski definition) is 1. The first-order chi connectivity index (χ1) is 10.8. The summed E-state index contributed by atoms with van der Waals surface area (Å²) < 4.78 is 5.60. The number of ether oxygens (including phenoxy) is 1. The first-order valence-electron chi connectivity index (χ1n) is 9.58. The van der Waals surface area contributed by atoms with Crippen LogP contribution in [0, 0.1) is 5.92 Å². The van der Waals surface area contributed by atoms with Crippen LogP contribution in [0.25, 0.3) is 0 Å². The van der Waals surface area contributed by atoms with E-state index in [-0.39, 0.29) is 6.09 Å². The molecule has 1 aliphatic heterocycles. The summed E-state index contributed by atoms with van der Waals surface area (Å²) in [6.45, 7) is 10.1. The van der Waals surface area contributed by atoms with Gasteiger partial charge in [-0.15, -0.1) is 0 Å². The smallest absolute Gasteiger partial charge is 0.410 e. The zero-order valence-corrected chi connectivity index (χ0v) is 15.6. The van der Waals surface area contributed by atoms with E-state index >= 15 is 0 Å². The molecule has 2 unspecified atom stereocenters. The van der Waals surface area contributed by atoms with Gasteiger partial charge in [0.05, 0.1) is 0 Å². The summed E-state index contributed by atoms with van der Waals surface area (Å²) in [7, 11) is 0. The lowest BCUT2D eigenvalue weighted by molar-refractivity contribution is 0.00787. The summed E-state index contributed by atoms with van der Waals surface area (Å²) in [6.07, 6.45) is 9.89. The number of likely N-dealkylation sites (tertiary alicyclic amines) is 1. The Morgan fingerprint density at radius 1 is 1.17 bits per heavy atom. The van der Waals surface area contributed by atoms with Crippen LogP contribution in [-0.4, -0.2) is 41.8 Å². The summed E-state index contributed by atoms with van der Waals surface area (Å²) in [6, 6.07) is 0.785. The molecule has 2 atom stereocenters. The third-order valence-corrected chi connectivity index (χ3v) is 5.11. The molecule has 1 N–H and O–H groups in total. The van der Waals surface area contributed by atoms with Crippen LogP contribution in [0.5, 0.6) is 0 Å². The van der Waals surface area contributed by atoms with Crippen LogP contribution in [-0.2, 0) is 4.74 Å². The number of hydrogen-bond acceptors (Lipinski definition) is 3. The average molecular weight is 325 g/mol. The van der Waals surface area contributed by atoms with Crippen molar-refractivity contribution in [1.29, 1.82) is 0 Å². The number of nitrogens with zero attached hydrogens (tertiary/aromatic N) is 1. The van der Waals surface area contributed by atoms with Crippen LogP contribution in [0.15, 0.2) is 0 Å². The monoisotopic (exact) mass is 324 g/mol. The van der Waals surface area contributed by atoms with E-state index in [9.17, 15) is 4.79 Å². The number of carbonyl (C=O) groups excluding carboxylic acids is 1. The Kier molecular flexibility index (Phi) is 6.75. The van der Waals surface area contributed by atoms with Crippen molar-refractivity contribution in [1.82, 2.24) is 10.2 Å². The lowest BCUT2D eigenvalue weighted by Crippen LogP contribution is -2.48. The van der Waals surface area contributed by atoms with Gasteiger partial charge in [0.15, 0.2) is 0 Å². The molecule has 0 bridgehead atoms. The molecule has 134 valence electrons.